The Morgan fingerprint density at radius 2 is 1.89 bits per heavy atom. The molecule has 0 saturated carbocycles. The van der Waals surface area contributed by atoms with Crippen molar-refractivity contribution < 1.29 is 33.7 Å². The first-order valence-corrected chi connectivity index (χ1v) is 11.8. The van der Waals surface area contributed by atoms with E-state index in [1.54, 1.807) is 31.2 Å². The summed E-state index contributed by atoms with van der Waals surface area (Å²) < 4.78 is 19.2. The van der Waals surface area contributed by atoms with E-state index >= 15 is 0 Å². The molecule has 0 bridgehead atoms. The minimum absolute atomic E-state index is 0.0627. The van der Waals surface area contributed by atoms with Gasteiger partial charge in [0.25, 0.3) is 11.8 Å². The Morgan fingerprint density at radius 3 is 2.58 bits per heavy atom. The number of methoxy groups -OCH3 is 1. The number of halogens is 1. The lowest BCUT2D eigenvalue weighted by atomic mass is 9.98. The van der Waals surface area contributed by atoms with Crippen LogP contribution in [0.2, 0.25) is 0 Å². The van der Waals surface area contributed by atoms with Crippen molar-refractivity contribution in [2.24, 2.45) is 0 Å². The van der Waals surface area contributed by atoms with Gasteiger partial charge in [-0.3, -0.25) is 14.4 Å². The lowest BCUT2D eigenvalue weighted by Crippen LogP contribution is -2.56. The molecule has 1 saturated heterocycles. The van der Waals surface area contributed by atoms with Gasteiger partial charge in [-0.2, -0.15) is 0 Å². The van der Waals surface area contributed by atoms with Crippen molar-refractivity contribution in [1.29, 1.82) is 0 Å². The number of carbonyl (C=O) groups is 3. The highest BCUT2D eigenvalue weighted by Gasteiger charge is 2.43. The molecule has 0 unspecified atom stereocenters. The Labute approximate surface area is 209 Å². The number of nitrogens with zero attached hydrogens (tertiary/aromatic N) is 1. The smallest absolute Gasteiger partial charge is 0.254 e. The monoisotopic (exact) mass is 501 g/mol. The van der Waals surface area contributed by atoms with Crippen LogP contribution in [-0.2, 0) is 20.7 Å². The van der Waals surface area contributed by atoms with Crippen molar-refractivity contribution in [1.82, 2.24) is 15.5 Å². The van der Waals surface area contributed by atoms with Gasteiger partial charge >= 0.3 is 0 Å². The summed E-state index contributed by atoms with van der Waals surface area (Å²) in [6, 6.07) is 11.3. The van der Waals surface area contributed by atoms with E-state index in [1.807, 2.05) is 6.07 Å². The summed E-state index contributed by atoms with van der Waals surface area (Å²) in [5.41, 5.74) is 1.29. The van der Waals surface area contributed by atoms with Gasteiger partial charge in [0.2, 0.25) is 5.91 Å². The van der Waals surface area contributed by atoms with E-state index in [4.69, 9.17) is 4.74 Å². The normalized spacial score (nSPS) is 18.9. The largest absolute Gasteiger partial charge is 0.508 e. The fourth-order valence-electron chi connectivity index (χ4n) is 4.24. The maximum absolute atomic E-state index is 14.3. The van der Waals surface area contributed by atoms with Crippen molar-refractivity contribution in [2.45, 2.75) is 44.1 Å². The maximum atomic E-state index is 14.3. The van der Waals surface area contributed by atoms with Crippen LogP contribution in [0.5, 0.6) is 5.75 Å². The zero-order valence-electron chi connectivity index (χ0n) is 20.3. The molecule has 2 aromatic carbocycles. The third-order valence-electron chi connectivity index (χ3n) is 6.24. The number of carbonyl (C=O) groups excluding carboxylic acids is 3. The SMILES string of the molecule is COCCNC(=O)[C@@H]1C[C@H](F)CN1C(=O)[C@@H](O)[C@H](Cc1ccccc1)NC(=O)c1cccc(O)c1C. The van der Waals surface area contributed by atoms with Gasteiger partial charge in [-0.05, 0) is 31.0 Å². The molecular formula is C26H32FN3O6. The van der Waals surface area contributed by atoms with E-state index in [0.717, 1.165) is 10.5 Å². The number of rotatable bonds is 10. The Balaban J connectivity index is 1.82. The molecule has 3 rings (SSSR count). The number of aliphatic hydroxyl groups excluding tert-OH is 1. The maximum Gasteiger partial charge on any atom is 0.254 e. The summed E-state index contributed by atoms with van der Waals surface area (Å²) in [4.78, 5) is 40.0. The highest BCUT2D eigenvalue weighted by Crippen LogP contribution is 2.24. The molecule has 1 heterocycles. The highest BCUT2D eigenvalue weighted by molar-refractivity contribution is 5.97. The molecule has 0 spiro atoms. The van der Waals surface area contributed by atoms with E-state index in [-0.39, 0.29) is 43.9 Å². The van der Waals surface area contributed by atoms with Crippen LogP contribution in [0.3, 0.4) is 0 Å². The molecule has 9 nitrogen and oxygen atoms in total. The zero-order valence-corrected chi connectivity index (χ0v) is 20.3. The number of phenols is 1. The number of aliphatic hydroxyl groups is 1. The molecule has 194 valence electrons. The van der Waals surface area contributed by atoms with E-state index < -0.39 is 42.1 Å². The summed E-state index contributed by atoms with van der Waals surface area (Å²) in [7, 11) is 1.48. The quantitative estimate of drug-likeness (QED) is 0.361. The second-order valence-corrected chi connectivity index (χ2v) is 8.79. The number of alkyl halides is 1. The molecule has 3 amide bonds. The van der Waals surface area contributed by atoms with Crippen LogP contribution in [0.4, 0.5) is 4.39 Å². The van der Waals surface area contributed by atoms with E-state index in [2.05, 4.69) is 10.6 Å². The standard InChI is InChI=1S/C26H32FN3O6/c1-16-19(9-6-10-22(16)31)24(33)29-20(13-17-7-4-3-5-8-17)23(32)26(35)30-15-18(27)14-21(30)25(34)28-11-12-36-2/h3-10,18,20-21,23,31-32H,11-15H2,1-2H3,(H,28,34)(H,29,33)/t18-,20-,21-,23-/m0/s1. The first kappa shape index (κ1) is 27.1. The van der Waals surface area contributed by atoms with Gasteiger partial charge in [-0.15, -0.1) is 0 Å². The van der Waals surface area contributed by atoms with Gasteiger partial charge in [-0.25, -0.2) is 4.39 Å². The average Bonchev–Trinajstić information content (AvgIpc) is 3.26. The van der Waals surface area contributed by atoms with Crippen LogP contribution in [0.1, 0.15) is 27.9 Å². The summed E-state index contributed by atoms with van der Waals surface area (Å²) in [6.45, 7) is 1.70. The van der Waals surface area contributed by atoms with Gasteiger partial charge in [0, 0.05) is 31.2 Å². The molecule has 0 aliphatic carbocycles. The topological polar surface area (TPSA) is 128 Å². The first-order valence-electron chi connectivity index (χ1n) is 11.8. The first-order chi connectivity index (χ1) is 17.2. The number of hydrogen-bond donors (Lipinski definition) is 4. The number of hydrogen-bond acceptors (Lipinski definition) is 6. The predicted molar refractivity (Wildman–Crippen MR) is 130 cm³/mol. The van der Waals surface area contributed by atoms with Crippen LogP contribution in [0.15, 0.2) is 48.5 Å². The molecule has 0 aromatic heterocycles. The molecule has 1 aliphatic rings. The summed E-state index contributed by atoms with van der Waals surface area (Å²) in [5.74, 6) is -2.04. The van der Waals surface area contributed by atoms with E-state index in [0.29, 0.717) is 5.56 Å². The molecule has 1 aliphatic heterocycles. The van der Waals surface area contributed by atoms with E-state index in [1.165, 1.54) is 25.3 Å². The second kappa shape index (κ2) is 12.5. The molecule has 10 heteroatoms. The number of ether oxygens (including phenoxy) is 1. The number of nitrogens with one attached hydrogen (secondary N) is 2. The Morgan fingerprint density at radius 1 is 1.17 bits per heavy atom. The van der Waals surface area contributed by atoms with Crippen molar-refractivity contribution >= 4 is 17.7 Å². The van der Waals surface area contributed by atoms with Crippen LogP contribution in [0, 0.1) is 6.92 Å². The van der Waals surface area contributed by atoms with Gasteiger partial charge in [-0.1, -0.05) is 36.4 Å². The van der Waals surface area contributed by atoms with Crippen LogP contribution in [0.25, 0.3) is 0 Å². The fraction of sp³-hybridized carbons (Fsp3) is 0.423. The Bertz CT molecular complexity index is 1070. The minimum Gasteiger partial charge on any atom is -0.508 e. The Kier molecular flexibility index (Phi) is 9.38. The zero-order chi connectivity index (χ0) is 26.2. The van der Waals surface area contributed by atoms with Crippen molar-refractivity contribution in [3.63, 3.8) is 0 Å². The number of phenolic OH excluding ortho intramolecular Hbond substituents is 1. The van der Waals surface area contributed by atoms with Gasteiger partial charge in [0.1, 0.15) is 18.0 Å². The molecule has 4 N–H and O–H groups in total. The third-order valence-corrected chi connectivity index (χ3v) is 6.24. The molecule has 1 fully saturated rings. The van der Waals surface area contributed by atoms with Crippen LogP contribution in [-0.4, -0.2) is 84.0 Å². The van der Waals surface area contributed by atoms with Gasteiger partial charge in [0.05, 0.1) is 19.2 Å². The number of likely N-dealkylation sites (tertiary alicyclic amines) is 1. The molecule has 36 heavy (non-hydrogen) atoms. The number of aromatic hydroxyl groups is 1. The second-order valence-electron chi connectivity index (χ2n) is 8.79. The molecular weight excluding hydrogens is 469 g/mol. The lowest BCUT2D eigenvalue weighted by Gasteiger charge is -2.30. The van der Waals surface area contributed by atoms with Crippen molar-refractivity contribution in [3.05, 3.63) is 65.2 Å². The summed E-state index contributed by atoms with van der Waals surface area (Å²) >= 11 is 0. The molecule has 0 radical (unpaired) electrons. The fourth-order valence-corrected chi connectivity index (χ4v) is 4.24. The van der Waals surface area contributed by atoms with Crippen LogP contribution >= 0.6 is 0 Å². The number of benzene rings is 2. The highest BCUT2D eigenvalue weighted by atomic mass is 19.1. The summed E-state index contributed by atoms with van der Waals surface area (Å²) in [5, 5.41) is 26.4. The number of amides is 3. The summed E-state index contributed by atoms with van der Waals surface area (Å²) in [6.07, 6.45) is -3.24. The van der Waals surface area contributed by atoms with E-state index in [9.17, 15) is 29.0 Å². The van der Waals surface area contributed by atoms with Crippen molar-refractivity contribution in [3.8, 4) is 5.75 Å². The average molecular weight is 502 g/mol. The molecule has 2 aromatic rings. The molecule has 4 atom stereocenters. The third kappa shape index (κ3) is 6.58. The van der Waals surface area contributed by atoms with Crippen LogP contribution < -0.4 is 10.6 Å². The van der Waals surface area contributed by atoms with Gasteiger partial charge in [0.15, 0.2) is 6.10 Å². The van der Waals surface area contributed by atoms with Crippen molar-refractivity contribution in [2.75, 3.05) is 26.8 Å². The predicted octanol–water partition coefficient (Wildman–Crippen LogP) is 1.10. The Hall–Kier alpha value is -3.50. The lowest BCUT2D eigenvalue weighted by molar-refractivity contribution is -0.146. The van der Waals surface area contributed by atoms with Gasteiger partial charge < -0.3 is 30.5 Å². The minimum atomic E-state index is -1.74.